The van der Waals surface area contributed by atoms with Gasteiger partial charge in [-0.2, -0.15) is 0 Å². The second-order valence-electron chi connectivity index (χ2n) is 5.27. The third kappa shape index (κ3) is 11.4. The number of Topliss-reactive ketones (excluding diaryl/α,β-unsaturated/α-hetero) is 1. The third-order valence-corrected chi connectivity index (χ3v) is 2.39. The lowest BCUT2D eigenvalue weighted by Crippen LogP contribution is -2.43. The average molecular weight is 296 g/mol. The van der Waals surface area contributed by atoms with Crippen molar-refractivity contribution in [1.82, 2.24) is 10.6 Å². The Morgan fingerprint density at radius 1 is 1.24 bits per heavy atom. The van der Waals surface area contributed by atoms with E-state index < -0.39 is 5.54 Å². The molecule has 0 aliphatic rings. The maximum atomic E-state index is 11.6. The molecule has 0 atom stereocenters. The molecule has 21 heavy (non-hydrogen) atoms. The molecule has 0 rings (SSSR count). The zero-order valence-electron chi connectivity index (χ0n) is 12.9. The molecule has 118 valence electrons. The van der Waals surface area contributed by atoms with Crippen molar-refractivity contribution in [3.63, 3.8) is 0 Å². The van der Waals surface area contributed by atoms with E-state index in [0.717, 1.165) is 0 Å². The molecular formula is C15H24N2O4. The van der Waals surface area contributed by atoms with Crippen LogP contribution >= 0.6 is 0 Å². The lowest BCUT2D eigenvalue weighted by Gasteiger charge is -2.24. The summed E-state index contributed by atoms with van der Waals surface area (Å²) >= 11 is 0. The summed E-state index contributed by atoms with van der Waals surface area (Å²) in [5.41, 5.74) is -0.581. The smallest absolute Gasteiger partial charge is 0.247 e. The monoisotopic (exact) mass is 296 g/mol. The molecule has 2 amide bonds. The van der Waals surface area contributed by atoms with Gasteiger partial charge in [-0.3, -0.25) is 14.4 Å². The lowest BCUT2D eigenvalue weighted by atomic mass is 9.98. The molecule has 0 saturated carbocycles. The molecule has 6 heteroatoms. The Labute approximate surface area is 125 Å². The highest BCUT2D eigenvalue weighted by molar-refractivity contribution is 5.88. The number of ether oxygens (including phenoxy) is 1. The van der Waals surface area contributed by atoms with Gasteiger partial charge in [0.15, 0.2) is 0 Å². The molecule has 0 aliphatic carbocycles. The van der Waals surface area contributed by atoms with Crippen molar-refractivity contribution in [1.29, 1.82) is 0 Å². The minimum Gasteiger partial charge on any atom is -0.501 e. The summed E-state index contributed by atoms with van der Waals surface area (Å²) in [5, 5.41) is 5.33. The third-order valence-electron chi connectivity index (χ3n) is 2.39. The van der Waals surface area contributed by atoms with Gasteiger partial charge in [-0.15, -0.1) is 0 Å². The van der Waals surface area contributed by atoms with Crippen LogP contribution in [0, 0.1) is 0 Å². The van der Waals surface area contributed by atoms with Crippen LogP contribution in [0.15, 0.2) is 25.0 Å². The Balaban J connectivity index is 3.83. The number of carbonyl (C=O) groups is 3. The number of hydrogen-bond acceptors (Lipinski definition) is 4. The number of hydrogen-bond donors (Lipinski definition) is 2. The summed E-state index contributed by atoms with van der Waals surface area (Å²) in [7, 11) is 0. The van der Waals surface area contributed by atoms with E-state index in [1.165, 1.54) is 25.3 Å². The van der Waals surface area contributed by atoms with E-state index in [4.69, 9.17) is 4.74 Å². The van der Waals surface area contributed by atoms with Crippen molar-refractivity contribution in [2.24, 2.45) is 0 Å². The van der Waals surface area contributed by atoms with Gasteiger partial charge in [-0.1, -0.05) is 6.58 Å². The molecule has 0 bridgehead atoms. The molecule has 0 aliphatic heterocycles. The van der Waals surface area contributed by atoms with E-state index in [2.05, 4.69) is 17.2 Å². The van der Waals surface area contributed by atoms with Crippen molar-refractivity contribution in [2.75, 3.05) is 13.2 Å². The van der Waals surface area contributed by atoms with Gasteiger partial charge in [-0.05, 0) is 33.3 Å². The van der Waals surface area contributed by atoms with Crippen LogP contribution in [0.4, 0.5) is 0 Å². The van der Waals surface area contributed by atoms with Gasteiger partial charge >= 0.3 is 0 Å². The Bertz CT molecular complexity index is 414. The largest absolute Gasteiger partial charge is 0.501 e. The summed E-state index contributed by atoms with van der Waals surface area (Å²) in [6.45, 7) is 9.25. The molecular weight excluding hydrogens is 272 g/mol. The maximum absolute atomic E-state index is 11.6. The second kappa shape index (κ2) is 9.74. The molecule has 0 radical (unpaired) electrons. The van der Waals surface area contributed by atoms with Crippen LogP contribution in [-0.2, 0) is 19.1 Å². The van der Waals surface area contributed by atoms with Gasteiger partial charge in [-0.25, -0.2) is 0 Å². The highest BCUT2D eigenvalue weighted by Gasteiger charge is 2.21. The Morgan fingerprint density at radius 2 is 1.90 bits per heavy atom. The predicted molar refractivity (Wildman–Crippen MR) is 80.4 cm³/mol. The van der Waals surface area contributed by atoms with Crippen LogP contribution < -0.4 is 10.6 Å². The Morgan fingerprint density at radius 3 is 2.48 bits per heavy atom. The quantitative estimate of drug-likeness (QED) is 0.359. The minimum absolute atomic E-state index is 0.0158. The molecule has 6 nitrogen and oxygen atoms in total. The number of ketones is 1. The summed E-state index contributed by atoms with van der Waals surface area (Å²) < 4.78 is 5.13. The molecule has 0 saturated heterocycles. The fraction of sp³-hybridized carbons (Fsp3) is 0.533. The molecule has 0 fully saturated rings. The van der Waals surface area contributed by atoms with Crippen LogP contribution in [-0.4, -0.2) is 36.3 Å². The zero-order valence-corrected chi connectivity index (χ0v) is 12.9. The first-order valence-corrected chi connectivity index (χ1v) is 6.77. The van der Waals surface area contributed by atoms with E-state index in [1.807, 2.05) is 0 Å². The number of carbonyl (C=O) groups excluding carboxylic acids is 3. The summed E-state index contributed by atoms with van der Waals surface area (Å²) in [6.07, 6.45) is 4.67. The van der Waals surface area contributed by atoms with Crippen LogP contribution in [0.2, 0.25) is 0 Å². The highest BCUT2D eigenvalue weighted by atomic mass is 16.5. The van der Waals surface area contributed by atoms with E-state index >= 15 is 0 Å². The first kappa shape index (κ1) is 18.9. The van der Waals surface area contributed by atoms with Crippen LogP contribution in [0.5, 0.6) is 0 Å². The van der Waals surface area contributed by atoms with Gasteiger partial charge in [0.2, 0.25) is 11.8 Å². The van der Waals surface area contributed by atoms with Crippen LogP contribution in [0.25, 0.3) is 0 Å². The SMILES string of the molecule is C=CC(=O)NCCCO/C=C/C(=O)NC(C)(C)CC(C)=O. The topological polar surface area (TPSA) is 84.5 Å². The van der Waals surface area contributed by atoms with Gasteiger partial charge in [0.05, 0.1) is 12.9 Å². The fourth-order valence-electron chi connectivity index (χ4n) is 1.66. The Hall–Kier alpha value is -2.11. The van der Waals surface area contributed by atoms with Gasteiger partial charge in [0, 0.05) is 24.6 Å². The van der Waals surface area contributed by atoms with E-state index in [0.29, 0.717) is 19.6 Å². The van der Waals surface area contributed by atoms with Crippen molar-refractivity contribution in [3.8, 4) is 0 Å². The summed E-state index contributed by atoms with van der Waals surface area (Å²) in [6, 6.07) is 0. The van der Waals surface area contributed by atoms with Crippen molar-refractivity contribution < 1.29 is 19.1 Å². The number of nitrogens with one attached hydrogen (secondary N) is 2. The minimum atomic E-state index is -0.581. The number of rotatable bonds is 10. The van der Waals surface area contributed by atoms with E-state index in [9.17, 15) is 14.4 Å². The van der Waals surface area contributed by atoms with Gasteiger partial charge < -0.3 is 15.4 Å². The molecule has 0 unspecified atom stereocenters. The first-order valence-electron chi connectivity index (χ1n) is 6.77. The second-order valence-corrected chi connectivity index (χ2v) is 5.27. The van der Waals surface area contributed by atoms with E-state index in [1.54, 1.807) is 13.8 Å². The molecule has 0 spiro atoms. The molecule has 0 heterocycles. The van der Waals surface area contributed by atoms with Crippen molar-refractivity contribution in [2.45, 2.75) is 39.2 Å². The first-order chi connectivity index (χ1) is 9.76. The fourth-order valence-corrected chi connectivity index (χ4v) is 1.66. The molecule has 0 aromatic rings. The van der Waals surface area contributed by atoms with Gasteiger partial charge in [0.25, 0.3) is 0 Å². The maximum Gasteiger partial charge on any atom is 0.247 e. The Kier molecular flexibility index (Phi) is 8.76. The van der Waals surface area contributed by atoms with E-state index in [-0.39, 0.29) is 24.0 Å². The summed E-state index contributed by atoms with van der Waals surface area (Å²) in [4.78, 5) is 33.5. The van der Waals surface area contributed by atoms with Gasteiger partial charge in [0.1, 0.15) is 5.78 Å². The standard InChI is InChI=1S/C15H24N2O4/c1-5-13(19)16-8-6-9-21-10-7-14(20)17-15(3,4)11-12(2)18/h5,7,10H,1,6,8-9,11H2,2-4H3,(H,16,19)(H,17,20)/b10-7+. The normalized spacial score (nSPS) is 11.0. The van der Waals surface area contributed by atoms with Crippen LogP contribution in [0.3, 0.4) is 0 Å². The highest BCUT2D eigenvalue weighted by Crippen LogP contribution is 2.08. The van der Waals surface area contributed by atoms with Crippen LogP contribution in [0.1, 0.15) is 33.6 Å². The average Bonchev–Trinajstić information content (AvgIpc) is 2.34. The molecule has 2 N–H and O–H groups in total. The molecule has 0 aromatic heterocycles. The van der Waals surface area contributed by atoms with Crippen molar-refractivity contribution in [3.05, 3.63) is 25.0 Å². The number of amides is 2. The predicted octanol–water partition coefficient (Wildman–Crippen LogP) is 1.08. The lowest BCUT2D eigenvalue weighted by molar-refractivity contribution is -0.120. The molecule has 0 aromatic carbocycles. The summed E-state index contributed by atoms with van der Waals surface area (Å²) in [5.74, 6) is -0.527. The zero-order chi connectivity index (χ0) is 16.3. The van der Waals surface area contributed by atoms with Crippen molar-refractivity contribution >= 4 is 17.6 Å².